The van der Waals surface area contributed by atoms with Gasteiger partial charge in [0.1, 0.15) is 17.2 Å². The van der Waals surface area contributed by atoms with E-state index in [9.17, 15) is 4.79 Å². The summed E-state index contributed by atoms with van der Waals surface area (Å²) in [5.74, 6) is 2.77. The van der Waals surface area contributed by atoms with Gasteiger partial charge in [-0.15, -0.1) is 0 Å². The van der Waals surface area contributed by atoms with Gasteiger partial charge in [-0.1, -0.05) is 23.3 Å². The monoisotopic (exact) mass is 447 g/mol. The summed E-state index contributed by atoms with van der Waals surface area (Å²) in [6.07, 6.45) is 3.70. The Bertz CT molecular complexity index is 1250. The molecule has 1 aliphatic rings. The molecule has 0 saturated carbocycles. The van der Waals surface area contributed by atoms with Crippen molar-refractivity contribution in [2.24, 2.45) is 0 Å². The Kier molecular flexibility index (Phi) is 5.32. The van der Waals surface area contributed by atoms with E-state index in [4.69, 9.17) is 13.5 Å². The molecule has 0 radical (unpaired) electrons. The summed E-state index contributed by atoms with van der Waals surface area (Å²) < 4.78 is 16.5. The van der Waals surface area contributed by atoms with Gasteiger partial charge < -0.3 is 18.4 Å². The molecule has 0 bridgehead atoms. The third kappa shape index (κ3) is 4.06. The number of amides is 1. The van der Waals surface area contributed by atoms with Gasteiger partial charge in [0.15, 0.2) is 11.6 Å². The Hall–Kier alpha value is -3.75. The van der Waals surface area contributed by atoms with Crippen LogP contribution >= 0.6 is 0 Å². The lowest BCUT2D eigenvalue weighted by Gasteiger charge is -2.36. The lowest BCUT2D eigenvalue weighted by molar-refractivity contribution is 0.0636. The van der Waals surface area contributed by atoms with Gasteiger partial charge in [0.2, 0.25) is 0 Å². The third-order valence-corrected chi connectivity index (χ3v) is 6.41. The van der Waals surface area contributed by atoms with E-state index in [0.717, 1.165) is 29.9 Å². The Balaban J connectivity index is 1.24. The second-order valence-electron chi connectivity index (χ2n) is 8.74. The van der Waals surface area contributed by atoms with Gasteiger partial charge in [-0.05, 0) is 51.0 Å². The summed E-state index contributed by atoms with van der Waals surface area (Å²) in [4.78, 5) is 23.7. The first-order valence-electron chi connectivity index (χ1n) is 11.0. The minimum absolute atomic E-state index is 0.107. The number of piperidine rings is 1. The molecule has 0 aliphatic carbocycles. The summed E-state index contributed by atoms with van der Waals surface area (Å²) in [6, 6.07) is 9.14. The van der Waals surface area contributed by atoms with Crippen LogP contribution in [0.25, 0.3) is 11.6 Å². The number of nitrogens with zero attached hydrogens (tertiary/aromatic N) is 5. The minimum Gasteiger partial charge on any atom is -0.456 e. The van der Waals surface area contributed by atoms with Crippen LogP contribution in [0.1, 0.15) is 58.9 Å². The summed E-state index contributed by atoms with van der Waals surface area (Å²) in [5, 5.41) is 8.18. The SMILES string of the molecule is Cc1noc(C)c1Cc1ccc(C(=O)N2CCC(C)(c3noc(-c4ccccn4)n3)CC2)o1. The van der Waals surface area contributed by atoms with Crippen molar-refractivity contribution in [1.29, 1.82) is 0 Å². The number of furan rings is 1. The van der Waals surface area contributed by atoms with Crippen molar-refractivity contribution in [3.05, 3.63) is 70.9 Å². The fourth-order valence-corrected chi connectivity index (χ4v) is 4.16. The second kappa shape index (κ2) is 8.31. The molecule has 5 heterocycles. The number of carbonyl (C=O) groups is 1. The summed E-state index contributed by atoms with van der Waals surface area (Å²) in [5.41, 5.74) is 2.20. The number of pyridine rings is 1. The highest BCUT2D eigenvalue weighted by atomic mass is 16.5. The van der Waals surface area contributed by atoms with Crippen LogP contribution in [-0.4, -0.2) is 44.2 Å². The predicted octanol–water partition coefficient (Wildman–Crippen LogP) is 4.11. The molecule has 1 amide bonds. The lowest BCUT2D eigenvalue weighted by Crippen LogP contribution is -2.44. The fraction of sp³-hybridized carbons (Fsp3) is 0.375. The maximum Gasteiger partial charge on any atom is 0.289 e. The Labute approximate surface area is 190 Å². The van der Waals surface area contributed by atoms with E-state index in [2.05, 4.69) is 27.2 Å². The van der Waals surface area contributed by atoms with E-state index < -0.39 is 0 Å². The number of carbonyl (C=O) groups excluding carboxylic acids is 1. The van der Waals surface area contributed by atoms with Crippen molar-refractivity contribution in [1.82, 2.24) is 25.2 Å². The van der Waals surface area contributed by atoms with Gasteiger partial charge in [0, 0.05) is 36.7 Å². The molecule has 5 rings (SSSR count). The van der Waals surface area contributed by atoms with E-state index in [1.807, 2.05) is 43.0 Å². The Morgan fingerprint density at radius 1 is 1.09 bits per heavy atom. The van der Waals surface area contributed by atoms with E-state index in [1.165, 1.54) is 0 Å². The van der Waals surface area contributed by atoms with Crippen molar-refractivity contribution >= 4 is 5.91 Å². The first-order chi connectivity index (χ1) is 15.9. The molecule has 9 nitrogen and oxygen atoms in total. The standard InChI is InChI=1S/C24H25N5O4/c1-15-18(16(2)32-27-15)14-17-7-8-20(31-17)22(30)29-12-9-24(3,10-13-29)23-26-21(33-28-23)19-6-4-5-11-25-19/h4-8,11H,9-10,12-14H2,1-3H3. The molecule has 170 valence electrons. The minimum atomic E-state index is -0.273. The van der Waals surface area contributed by atoms with Crippen molar-refractivity contribution in [3.8, 4) is 11.6 Å². The van der Waals surface area contributed by atoms with Crippen LogP contribution in [0.4, 0.5) is 0 Å². The zero-order valence-corrected chi connectivity index (χ0v) is 18.9. The van der Waals surface area contributed by atoms with E-state index in [1.54, 1.807) is 12.3 Å². The molecule has 0 spiro atoms. The molecule has 4 aromatic rings. The Morgan fingerprint density at radius 3 is 2.61 bits per heavy atom. The largest absolute Gasteiger partial charge is 0.456 e. The molecule has 0 unspecified atom stereocenters. The summed E-state index contributed by atoms with van der Waals surface area (Å²) >= 11 is 0. The highest BCUT2D eigenvalue weighted by molar-refractivity contribution is 5.91. The van der Waals surface area contributed by atoms with Crippen LogP contribution in [0, 0.1) is 13.8 Å². The van der Waals surface area contributed by atoms with Gasteiger partial charge in [-0.3, -0.25) is 9.78 Å². The van der Waals surface area contributed by atoms with Gasteiger partial charge in [0.25, 0.3) is 11.8 Å². The number of aryl methyl sites for hydroxylation is 2. The molecule has 4 aromatic heterocycles. The number of hydrogen-bond donors (Lipinski definition) is 0. The van der Waals surface area contributed by atoms with Gasteiger partial charge in [-0.25, -0.2) is 0 Å². The maximum absolute atomic E-state index is 13.0. The second-order valence-corrected chi connectivity index (χ2v) is 8.74. The fourth-order valence-electron chi connectivity index (χ4n) is 4.16. The molecule has 0 aromatic carbocycles. The predicted molar refractivity (Wildman–Crippen MR) is 118 cm³/mol. The van der Waals surface area contributed by atoms with Crippen LogP contribution in [0.5, 0.6) is 0 Å². The van der Waals surface area contributed by atoms with Crippen LogP contribution in [0.3, 0.4) is 0 Å². The molecule has 33 heavy (non-hydrogen) atoms. The first kappa shape index (κ1) is 21.1. The molecular weight excluding hydrogens is 422 g/mol. The van der Waals surface area contributed by atoms with E-state index in [0.29, 0.717) is 48.4 Å². The number of rotatable bonds is 5. The quantitative estimate of drug-likeness (QED) is 0.449. The zero-order chi connectivity index (χ0) is 23.0. The maximum atomic E-state index is 13.0. The smallest absolute Gasteiger partial charge is 0.289 e. The zero-order valence-electron chi connectivity index (χ0n) is 18.9. The third-order valence-electron chi connectivity index (χ3n) is 6.41. The number of aromatic nitrogens is 4. The number of likely N-dealkylation sites (tertiary alicyclic amines) is 1. The summed E-state index contributed by atoms with van der Waals surface area (Å²) in [7, 11) is 0. The highest BCUT2D eigenvalue weighted by Gasteiger charge is 2.38. The molecule has 1 aliphatic heterocycles. The van der Waals surface area contributed by atoms with E-state index in [-0.39, 0.29) is 11.3 Å². The van der Waals surface area contributed by atoms with Crippen molar-refractivity contribution in [2.75, 3.05) is 13.1 Å². The Morgan fingerprint density at radius 2 is 1.91 bits per heavy atom. The van der Waals surface area contributed by atoms with Crippen LogP contribution < -0.4 is 0 Å². The average Bonchev–Trinajstić information content (AvgIpc) is 3.58. The molecule has 9 heteroatoms. The van der Waals surface area contributed by atoms with Crippen LogP contribution in [0.2, 0.25) is 0 Å². The van der Waals surface area contributed by atoms with Crippen LogP contribution in [0.15, 0.2) is 50.0 Å². The molecule has 1 fully saturated rings. The van der Waals surface area contributed by atoms with Gasteiger partial charge in [0.05, 0.1) is 5.69 Å². The van der Waals surface area contributed by atoms with Crippen molar-refractivity contribution < 1.29 is 18.3 Å². The number of hydrogen-bond acceptors (Lipinski definition) is 8. The van der Waals surface area contributed by atoms with Crippen LogP contribution in [-0.2, 0) is 11.8 Å². The van der Waals surface area contributed by atoms with E-state index >= 15 is 0 Å². The molecule has 0 atom stereocenters. The average molecular weight is 447 g/mol. The topological polar surface area (TPSA) is 111 Å². The van der Waals surface area contributed by atoms with Crippen molar-refractivity contribution in [3.63, 3.8) is 0 Å². The lowest BCUT2D eigenvalue weighted by atomic mass is 9.79. The molecular formula is C24H25N5O4. The highest BCUT2D eigenvalue weighted by Crippen LogP contribution is 2.34. The van der Waals surface area contributed by atoms with Gasteiger partial charge in [-0.2, -0.15) is 4.98 Å². The molecule has 1 saturated heterocycles. The molecule has 0 N–H and O–H groups in total. The summed E-state index contributed by atoms with van der Waals surface area (Å²) in [6.45, 7) is 7.05. The first-order valence-corrected chi connectivity index (χ1v) is 11.0. The normalized spacial score (nSPS) is 15.7. The van der Waals surface area contributed by atoms with Crippen molar-refractivity contribution in [2.45, 2.75) is 45.4 Å². The van der Waals surface area contributed by atoms with Gasteiger partial charge >= 0.3 is 0 Å².